The molecule has 0 saturated carbocycles. The predicted octanol–water partition coefficient (Wildman–Crippen LogP) is 7.47. The average molecular weight is 334 g/mol. The lowest BCUT2D eigenvalue weighted by atomic mass is 9.97. The Bertz CT molecular complexity index is 745. The zero-order valence-electron chi connectivity index (χ0n) is 16.5. The third-order valence-corrected chi connectivity index (χ3v) is 3.54. The Morgan fingerprint density at radius 1 is 0.760 bits per heavy atom. The van der Waals surface area contributed by atoms with Crippen LogP contribution in [0.2, 0.25) is 0 Å². The van der Waals surface area contributed by atoms with Gasteiger partial charge >= 0.3 is 0 Å². The number of aryl methyl sites for hydroxylation is 2. The molecule has 0 N–H and O–H groups in total. The van der Waals surface area contributed by atoms with E-state index in [0.717, 1.165) is 5.69 Å². The molecule has 3 rings (SSSR count). The van der Waals surface area contributed by atoms with Gasteiger partial charge in [-0.05, 0) is 54.3 Å². The van der Waals surface area contributed by atoms with Crippen LogP contribution in [0, 0.1) is 13.8 Å². The first-order valence-electron chi connectivity index (χ1n) is 9.24. The summed E-state index contributed by atoms with van der Waals surface area (Å²) in [5.41, 5.74) is 7.20. The van der Waals surface area contributed by atoms with Crippen LogP contribution in [0.4, 0.5) is 0 Å². The first-order chi connectivity index (χ1) is 12.2. The molecule has 25 heavy (non-hydrogen) atoms. The van der Waals surface area contributed by atoms with Crippen LogP contribution in [0.15, 0.2) is 66.9 Å². The van der Waals surface area contributed by atoms with Crippen molar-refractivity contribution in [2.45, 2.75) is 48.0 Å². The molecule has 0 unspecified atom stereocenters. The molecule has 0 aliphatic carbocycles. The molecule has 3 aromatic rings. The van der Waals surface area contributed by atoms with E-state index in [-0.39, 0.29) is 0 Å². The smallest absolute Gasteiger partial charge is 0.0707 e. The minimum Gasteiger partial charge on any atom is -0.256 e. The van der Waals surface area contributed by atoms with Crippen LogP contribution in [0.3, 0.4) is 0 Å². The summed E-state index contributed by atoms with van der Waals surface area (Å²) in [7, 11) is 0. The molecule has 0 aliphatic rings. The van der Waals surface area contributed by atoms with E-state index in [4.69, 9.17) is 0 Å². The molecular formula is C24H31N. The Balaban J connectivity index is 0.000000567. The maximum Gasteiger partial charge on any atom is 0.0707 e. The zero-order chi connectivity index (χ0) is 18.7. The lowest BCUT2D eigenvalue weighted by molar-refractivity contribution is 1.09. The Hall–Kier alpha value is -2.41. The summed E-state index contributed by atoms with van der Waals surface area (Å²) in [5.74, 6) is 0. The normalized spacial score (nSPS) is 9.36. The fourth-order valence-corrected chi connectivity index (χ4v) is 2.39. The quantitative estimate of drug-likeness (QED) is 0.474. The molecule has 0 amide bonds. The summed E-state index contributed by atoms with van der Waals surface area (Å²) in [4.78, 5) is 4.51. The molecule has 0 saturated heterocycles. The lowest BCUT2D eigenvalue weighted by Crippen LogP contribution is -1.89. The van der Waals surface area contributed by atoms with Gasteiger partial charge in [-0.1, -0.05) is 76.6 Å². The fourth-order valence-electron chi connectivity index (χ4n) is 2.39. The Morgan fingerprint density at radius 2 is 1.40 bits per heavy atom. The number of hydrogen-bond donors (Lipinski definition) is 0. The van der Waals surface area contributed by atoms with Crippen LogP contribution >= 0.6 is 0 Å². The van der Waals surface area contributed by atoms with E-state index < -0.39 is 0 Å². The molecule has 2 aromatic carbocycles. The first kappa shape index (κ1) is 20.6. The average Bonchev–Trinajstić information content (AvgIpc) is 2.65. The number of benzene rings is 2. The summed E-state index contributed by atoms with van der Waals surface area (Å²) in [6.07, 6.45) is 3.12. The Labute approximate surface area is 153 Å². The highest BCUT2D eigenvalue weighted by Crippen LogP contribution is 2.28. The molecule has 0 atom stereocenters. The lowest BCUT2D eigenvalue weighted by Gasteiger charge is -2.09. The minimum atomic E-state index is 1.04. The van der Waals surface area contributed by atoms with E-state index in [1.807, 2.05) is 32.2 Å². The maximum atomic E-state index is 4.51. The van der Waals surface area contributed by atoms with Gasteiger partial charge in [0.05, 0.1) is 5.69 Å². The van der Waals surface area contributed by atoms with Crippen molar-refractivity contribution >= 4 is 0 Å². The third kappa shape index (κ3) is 6.19. The molecule has 1 aromatic heterocycles. The van der Waals surface area contributed by atoms with E-state index in [9.17, 15) is 0 Å². The van der Waals surface area contributed by atoms with Gasteiger partial charge in [0.25, 0.3) is 0 Å². The van der Waals surface area contributed by atoms with Crippen LogP contribution in [0.1, 0.15) is 45.2 Å². The van der Waals surface area contributed by atoms with Gasteiger partial charge < -0.3 is 0 Å². The van der Waals surface area contributed by atoms with Gasteiger partial charge in [-0.3, -0.25) is 4.98 Å². The summed E-state index contributed by atoms with van der Waals surface area (Å²) < 4.78 is 0. The standard InChI is InChI=1S/C19H17N.C3H8.C2H6/c1-14-10-11-20-19(12-14)18-13-17(9-8-15(18)2)16-6-4-3-5-7-16;1-3-2;1-2/h3-13H,1-2H3;3H2,1-2H3;1-2H3. The number of aromatic nitrogens is 1. The van der Waals surface area contributed by atoms with E-state index in [1.165, 1.54) is 34.2 Å². The number of hydrogen-bond acceptors (Lipinski definition) is 1. The summed E-state index contributed by atoms with van der Waals surface area (Å²) in [5, 5.41) is 0. The molecule has 0 aliphatic heterocycles. The number of nitrogens with zero attached hydrogens (tertiary/aromatic N) is 1. The Kier molecular flexibility index (Phi) is 9.24. The van der Waals surface area contributed by atoms with E-state index in [2.05, 4.69) is 81.2 Å². The van der Waals surface area contributed by atoms with Crippen LogP contribution in [-0.4, -0.2) is 4.98 Å². The minimum absolute atomic E-state index is 1.04. The molecule has 1 heteroatoms. The monoisotopic (exact) mass is 333 g/mol. The van der Waals surface area contributed by atoms with E-state index in [0.29, 0.717) is 0 Å². The van der Waals surface area contributed by atoms with Crippen molar-refractivity contribution in [3.8, 4) is 22.4 Å². The second-order valence-electron chi connectivity index (χ2n) is 5.82. The molecular weight excluding hydrogens is 302 g/mol. The fraction of sp³-hybridized carbons (Fsp3) is 0.292. The van der Waals surface area contributed by atoms with Crippen molar-refractivity contribution in [3.63, 3.8) is 0 Å². The van der Waals surface area contributed by atoms with Gasteiger partial charge in [0.15, 0.2) is 0 Å². The van der Waals surface area contributed by atoms with Crippen molar-refractivity contribution < 1.29 is 0 Å². The van der Waals surface area contributed by atoms with Crippen molar-refractivity contribution in [2.75, 3.05) is 0 Å². The second-order valence-corrected chi connectivity index (χ2v) is 5.82. The Morgan fingerprint density at radius 3 is 2.00 bits per heavy atom. The highest BCUT2D eigenvalue weighted by Gasteiger charge is 2.06. The molecule has 1 nitrogen and oxygen atoms in total. The molecule has 1 heterocycles. The van der Waals surface area contributed by atoms with Crippen LogP contribution < -0.4 is 0 Å². The van der Waals surface area contributed by atoms with Crippen molar-refractivity contribution in [3.05, 3.63) is 78.0 Å². The third-order valence-electron chi connectivity index (χ3n) is 3.54. The first-order valence-corrected chi connectivity index (χ1v) is 9.24. The highest BCUT2D eigenvalue weighted by atomic mass is 14.7. The predicted molar refractivity (Wildman–Crippen MR) is 112 cm³/mol. The van der Waals surface area contributed by atoms with Crippen molar-refractivity contribution in [1.29, 1.82) is 0 Å². The second kappa shape index (κ2) is 11.2. The number of pyridine rings is 1. The van der Waals surface area contributed by atoms with Gasteiger partial charge in [-0.2, -0.15) is 0 Å². The van der Waals surface area contributed by atoms with Crippen LogP contribution in [0.5, 0.6) is 0 Å². The number of rotatable bonds is 2. The largest absolute Gasteiger partial charge is 0.256 e. The topological polar surface area (TPSA) is 12.9 Å². The zero-order valence-corrected chi connectivity index (χ0v) is 16.5. The molecule has 0 radical (unpaired) electrons. The van der Waals surface area contributed by atoms with Gasteiger partial charge in [-0.25, -0.2) is 0 Å². The van der Waals surface area contributed by atoms with Crippen molar-refractivity contribution in [1.82, 2.24) is 4.98 Å². The van der Waals surface area contributed by atoms with Crippen molar-refractivity contribution in [2.24, 2.45) is 0 Å². The highest BCUT2D eigenvalue weighted by molar-refractivity contribution is 5.73. The van der Waals surface area contributed by atoms with Crippen LogP contribution in [-0.2, 0) is 0 Å². The molecule has 0 fully saturated rings. The van der Waals surface area contributed by atoms with Crippen LogP contribution in [0.25, 0.3) is 22.4 Å². The SMILES string of the molecule is CC.CCC.Cc1ccnc(-c2cc(-c3ccccc3)ccc2C)c1. The summed E-state index contributed by atoms with van der Waals surface area (Å²) >= 11 is 0. The summed E-state index contributed by atoms with van der Waals surface area (Å²) in [6.45, 7) is 12.5. The van der Waals surface area contributed by atoms with Gasteiger partial charge in [0.2, 0.25) is 0 Å². The van der Waals surface area contributed by atoms with Gasteiger partial charge in [0.1, 0.15) is 0 Å². The van der Waals surface area contributed by atoms with E-state index >= 15 is 0 Å². The molecule has 132 valence electrons. The van der Waals surface area contributed by atoms with E-state index in [1.54, 1.807) is 0 Å². The van der Waals surface area contributed by atoms with Gasteiger partial charge in [-0.15, -0.1) is 0 Å². The summed E-state index contributed by atoms with van der Waals surface area (Å²) in [6, 6.07) is 21.2. The van der Waals surface area contributed by atoms with Gasteiger partial charge in [0, 0.05) is 11.8 Å². The molecule has 0 bridgehead atoms. The maximum absolute atomic E-state index is 4.51. The molecule has 0 spiro atoms.